The summed E-state index contributed by atoms with van der Waals surface area (Å²) in [5.74, 6) is 1.77. The van der Waals surface area contributed by atoms with Crippen LogP contribution in [0.15, 0.2) is 24.3 Å². The van der Waals surface area contributed by atoms with Crippen molar-refractivity contribution in [2.24, 2.45) is 5.92 Å². The second-order valence-corrected chi connectivity index (χ2v) is 5.31. The van der Waals surface area contributed by atoms with E-state index in [4.69, 9.17) is 9.47 Å². The lowest BCUT2D eigenvalue weighted by molar-refractivity contribution is -0.0352. The van der Waals surface area contributed by atoms with Crippen molar-refractivity contribution in [2.45, 2.75) is 32.8 Å². The number of para-hydroxylation sites is 1. The predicted octanol–water partition coefficient (Wildman–Crippen LogP) is 2.78. The third-order valence-corrected chi connectivity index (χ3v) is 3.65. The fourth-order valence-electron chi connectivity index (χ4n) is 2.16. The van der Waals surface area contributed by atoms with E-state index < -0.39 is 0 Å². The molecule has 2 rings (SSSR count). The van der Waals surface area contributed by atoms with Crippen LogP contribution in [0.5, 0.6) is 5.75 Å². The average Bonchev–Trinajstić information content (AvgIpc) is 2.37. The Morgan fingerprint density at radius 2 is 2.16 bits per heavy atom. The Morgan fingerprint density at radius 1 is 1.37 bits per heavy atom. The molecule has 1 atom stereocenters. The lowest BCUT2D eigenvalue weighted by Crippen LogP contribution is -2.35. The lowest BCUT2D eigenvalue weighted by Gasteiger charge is -2.26. The summed E-state index contributed by atoms with van der Waals surface area (Å²) in [6, 6.07) is 8.21. The number of benzene rings is 1. The minimum atomic E-state index is 0.249. The zero-order chi connectivity index (χ0) is 13.5. The summed E-state index contributed by atoms with van der Waals surface area (Å²) in [5.41, 5.74) is 1.20. The molecule has 1 aliphatic heterocycles. The van der Waals surface area contributed by atoms with Crippen LogP contribution in [0.4, 0.5) is 0 Å². The minimum absolute atomic E-state index is 0.249. The Morgan fingerprint density at radius 3 is 2.79 bits per heavy atom. The van der Waals surface area contributed by atoms with E-state index in [-0.39, 0.29) is 6.10 Å². The summed E-state index contributed by atoms with van der Waals surface area (Å²) in [5, 5.41) is 3.49. The number of rotatable bonds is 8. The molecule has 0 saturated carbocycles. The molecule has 1 heterocycles. The van der Waals surface area contributed by atoms with Crippen molar-refractivity contribution in [3.8, 4) is 5.75 Å². The van der Waals surface area contributed by atoms with Gasteiger partial charge in [-0.05, 0) is 37.9 Å². The second kappa shape index (κ2) is 7.51. The van der Waals surface area contributed by atoms with Crippen LogP contribution in [0.3, 0.4) is 0 Å². The van der Waals surface area contributed by atoms with Gasteiger partial charge in [-0.3, -0.25) is 0 Å². The summed E-state index contributed by atoms with van der Waals surface area (Å²) in [6.07, 6.45) is 2.48. The minimum Gasteiger partial charge on any atom is -0.489 e. The molecule has 0 amide bonds. The maximum absolute atomic E-state index is 6.05. The molecule has 3 heteroatoms. The maximum atomic E-state index is 6.05. The zero-order valence-electron chi connectivity index (χ0n) is 12.0. The Kier molecular flexibility index (Phi) is 5.67. The molecule has 1 saturated heterocycles. The molecule has 19 heavy (non-hydrogen) atoms. The van der Waals surface area contributed by atoms with Gasteiger partial charge in [0.2, 0.25) is 0 Å². The topological polar surface area (TPSA) is 30.5 Å². The standard InChI is InChI=1S/C16H25NO2/c1-3-15(10-17-9-8-14-11-18-12-14)19-16-7-5-4-6-13(16)2/h4-7,14-15,17H,3,8-12H2,1-2H3. The van der Waals surface area contributed by atoms with Crippen molar-refractivity contribution in [2.75, 3.05) is 26.3 Å². The van der Waals surface area contributed by atoms with Crippen molar-refractivity contribution in [3.05, 3.63) is 29.8 Å². The van der Waals surface area contributed by atoms with Gasteiger partial charge in [-0.1, -0.05) is 25.1 Å². The number of hydrogen-bond acceptors (Lipinski definition) is 3. The van der Waals surface area contributed by atoms with Crippen molar-refractivity contribution in [3.63, 3.8) is 0 Å². The van der Waals surface area contributed by atoms with Crippen LogP contribution in [0.1, 0.15) is 25.3 Å². The molecule has 1 aliphatic rings. The highest BCUT2D eigenvalue weighted by Gasteiger charge is 2.17. The third kappa shape index (κ3) is 4.51. The van der Waals surface area contributed by atoms with Gasteiger partial charge in [0.25, 0.3) is 0 Å². The predicted molar refractivity (Wildman–Crippen MR) is 77.7 cm³/mol. The fraction of sp³-hybridized carbons (Fsp3) is 0.625. The highest BCUT2D eigenvalue weighted by Crippen LogP contribution is 2.18. The van der Waals surface area contributed by atoms with Gasteiger partial charge < -0.3 is 14.8 Å². The molecule has 106 valence electrons. The van der Waals surface area contributed by atoms with Gasteiger partial charge in [0.15, 0.2) is 0 Å². The molecule has 0 radical (unpaired) electrons. The molecule has 1 aromatic carbocycles. The Balaban J connectivity index is 1.69. The first-order valence-electron chi connectivity index (χ1n) is 7.30. The second-order valence-electron chi connectivity index (χ2n) is 5.31. The number of hydrogen-bond donors (Lipinski definition) is 1. The molecule has 0 aromatic heterocycles. The van der Waals surface area contributed by atoms with E-state index in [0.29, 0.717) is 0 Å². The number of ether oxygens (including phenoxy) is 2. The molecule has 1 aromatic rings. The Hall–Kier alpha value is -1.06. The normalized spacial score (nSPS) is 16.9. The van der Waals surface area contributed by atoms with Crippen LogP contribution in [-0.2, 0) is 4.74 Å². The smallest absolute Gasteiger partial charge is 0.122 e. The summed E-state index contributed by atoms with van der Waals surface area (Å²) in [4.78, 5) is 0. The van der Waals surface area contributed by atoms with E-state index in [1.54, 1.807) is 0 Å². The van der Waals surface area contributed by atoms with Gasteiger partial charge >= 0.3 is 0 Å². The SMILES string of the molecule is CCC(CNCCC1COC1)Oc1ccccc1C. The van der Waals surface area contributed by atoms with E-state index in [0.717, 1.165) is 44.4 Å². The summed E-state index contributed by atoms with van der Waals surface area (Å²) < 4.78 is 11.2. The fourth-order valence-corrected chi connectivity index (χ4v) is 2.16. The zero-order valence-corrected chi connectivity index (χ0v) is 12.0. The molecule has 1 unspecified atom stereocenters. The molecule has 1 N–H and O–H groups in total. The van der Waals surface area contributed by atoms with Crippen molar-refractivity contribution >= 4 is 0 Å². The summed E-state index contributed by atoms with van der Waals surface area (Å²) >= 11 is 0. The van der Waals surface area contributed by atoms with E-state index in [1.165, 1.54) is 12.0 Å². The van der Waals surface area contributed by atoms with Gasteiger partial charge in [0.05, 0.1) is 13.2 Å². The molecule has 3 nitrogen and oxygen atoms in total. The monoisotopic (exact) mass is 263 g/mol. The quantitative estimate of drug-likeness (QED) is 0.732. The van der Waals surface area contributed by atoms with E-state index in [2.05, 4.69) is 25.2 Å². The highest BCUT2D eigenvalue weighted by atomic mass is 16.5. The van der Waals surface area contributed by atoms with Crippen LogP contribution < -0.4 is 10.1 Å². The molecule has 1 fully saturated rings. The van der Waals surface area contributed by atoms with E-state index in [1.807, 2.05) is 18.2 Å². The van der Waals surface area contributed by atoms with Crippen molar-refractivity contribution in [1.82, 2.24) is 5.32 Å². The first-order valence-corrected chi connectivity index (χ1v) is 7.30. The molecule has 0 bridgehead atoms. The summed E-state index contributed by atoms with van der Waals surface area (Å²) in [7, 11) is 0. The van der Waals surface area contributed by atoms with Crippen molar-refractivity contribution in [1.29, 1.82) is 0 Å². The number of aryl methyl sites for hydroxylation is 1. The van der Waals surface area contributed by atoms with Gasteiger partial charge in [-0.25, -0.2) is 0 Å². The van der Waals surface area contributed by atoms with Gasteiger partial charge in [0, 0.05) is 12.5 Å². The Labute approximate surface area is 116 Å². The summed E-state index contributed by atoms with van der Waals surface area (Å²) in [6.45, 7) is 8.12. The Bertz CT molecular complexity index is 377. The van der Waals surface area contributed by atoms with Crippen molar-refractivity contribution < 1.29 is 9.47 Å². The van der Waals surface area contributed by atoms with Crippen LogP contribution in [0, 0.1) is 12.8 Å². The third-order valence-electron chi connectivity index (χ3n) is 3.65. The first kappa shape index (κ1) is 14.4. The molecular weight excluding hydrogens is 238 g/mol. The average molecular weight is 263 g/mol. The van der Waals surface area contributed by atoms with E-state index >= 15 is 0 Å². The van der Waals surface area contributed by atoms with Crippen LogP contribution >= 0.6 is 0 Å². The van der Waals surface area contributed by atoms with Gasteiger partial charge in [-0.2, -0.15) is 0 Å². The van der Waals surface area contributed by atoms with Gasteiger partial charge in [0.1, 0.15) is 11.9 Å². The number of nitrogens with one attached hydrogen (secondary N) is 1. The molecular formula is C16H25NO2. The van der Waals surface area contributed by atoms with Gasteiger partial charge in [-0.15, -0.1) is 0 Å². The highest BCUT2D eigenvalue weighted by molar-refractivity contribution is 5.31. The molecule has 0 aliphatic carbocycles. The lowest BCUT2D eigenvalue weighted by atomic mass is 10.0. The largest absolute Gasteiger partial charge is 0.489 e. The molecule has 0 spiro atoms. The van der Waals surface area contributed by atoms with Crippen LogP contribution in [0.2, 0.25) is 0 Å². The van der Waals surface area contributed by atoms with Crippen LogP contribution in [-0.4, -0.2) is 32.4 Å². The van der Waals surface area contributed by atoms with E-state index in [9.17, 15) is 0 Å². The first-order chi connectivity index (χ1) is 9.29. The van der Waals surface area contributed by atoms with Crippen LogP contribution in [0.25, 0.3) is 0 Å². The maximum Gasteiger partial charge on any atom is 0.122 e.